The van der Waals surface area contributed by atoms with Gasteiger partial charge in [0.05, 0.1) is 6.54 Å². The average molecular weight is 368 g/mol. The maximum Gasteiger partial charge on any atom is 0.334 e. The SMILES string of the molecule is COC(CNC(=O)CCCc1nc(-c2ccc(Cl)cc2)no1)C(=O)O. The van der Waals surface area contributed by atoms with Gasteiger partial charge in [0.25, 0.3) is 0 Å². The number of rotatable bonds is 9. The quantitative estimate of drug-likeness (QED) is 0.695. The van der Waals surface area contributed by atoms with Crippen molar-refractivity contribution in [3.63, 3.8) is 0 Å². The summed E-state index contributed by atoms with van der Waals surface area (Å²) in [4.78, 5) is 26.7. The van der Waals surface area contributed by atoms with E-state index in [9.17, 15) is 9.59 Å². The molecule has 0 aliphatic rings. The van der Waals surface area contributed by atoms with E-state index in [0.717, 1.165) is 5.56 Å². The minimum atomic E-state index is -1.12. The van der Waals surface area contributed by atoms with Gasteiger partial charge in [0, 0.05) is 30.5 Å². The van der Waals surface area contributed by atoms with Gasteiger partial charge in [-0.15, -0.1) is 0 Å². The second-order valence-electron chi connectivity index (χ2n) is 5.24. The Bertz CT molecular complexity index is 717. The summed E-state index contributed by atoms with van der Waals surface area (Å²) in [7, 11) is 1.28. The molecule has 9 heteroatoms. The topological polar surface area (TPSA) is 115 Å². The van der Waals surface area contributed by atoms with Crippen LogP contribution in [-0.4, -0.2) is 46.9 Å². The molecule has 25 heavy (non-hydrogen) atoms. The van der Waals surface area contributed by atoms with Crippen LogP contribution in [0.25, 0.3) is 11.4 Å². The highest BCUT2D eigenvalue weighted by molar-refractivity contribution is 6.30. The molecule has 1 aromatic heterocycles. The number of aryl methyl sites for hydroxylation is 1. The highest BCUT2D eigenvalue weighted by Crippen LogP contribution is 2.19. The number of aliphatic carboxylic acids is 1. The molecule has 134 valence electrons. The number of hydrogen-bond acceptors (Lipinski definition) is 6. The third-order valence-corrected chi connectivity index (χ3v) is 3.66. The Balaban J connectivity index is 1.76. The third-order valence-electron chi connectivity index (χ3n) is 3.41. The number of amides is 1. The number of ether oxygens (including phenoxy) is 1. The lowest BCUT2D eigenvalue weighted by atomic mass is 10.2. The number of carboxylic acid groups (broad SMARTS) is 1. The zero-order chi connectivity index (χ0) is 18.2. The van der Waals surface area contributed by atoms with Gasteiger partial charge in [-0.05, 0) is 30.7 Å². The Hall–Kier alpha value is -2.45. The van der Waals surface area contributed by atoms with E-state index in [0.29, 0.717) is 29.6 Å². The van der Waals surface area contributed by atoms with E-state index in [-0.39, 0.29) is 18.9 Å². The molecule has 1 aromatic carbocycles. The van der Waals surface area contributed by atoms with Gasteiger partial charge < -0.3 is 19.7 Å². The van der Waals surface area contributed by atoms with Crippen molar-refractivity contribution in [3.8, 4) is 11.4 Å². The number of halogens is 1. The zero-order valence-electron chi connectivity index (χ0n) is 13.6. The summed E-state index contributed by atoms with van der Waals surface area (Å²) < 4.78 is 9.89. The van der Waals surface area contributed by atoms with Gasteiger partial charge in [0.15, 0.2) is 6.10 Å². The second-order valence-corrected chi connectivity index (χ2v) is 5.68. The molecule has 0 saturated heterocycles. The molecule has 8 nitrogen and oxygen atoms in total. The summed E-state index contributed by atoms with van der Waals surface area (Å²) >= 11 is 5.83. The molecular weight excluding hydrogens is 350 g/mol. The number of methoxy groups -OCH3 is 1. The molecule has 0 spiro atoms. The smallest absolute Gasteiger partial charge is 0.334 e. The van der Waals surface area contributed by atoms with Gasteiger partial charge in [-0.25, -0.2) is 4.79 Å². The van der Waals surface area contributed by atoms with Crippen LogP contribution in [0.3, 0.4) is 0 Å². The molecule has 0 aliphatic heterocycles. The first-order valence-corrected chi connectivity index (χ1v) is 7.98. The third kappa shape index (κ3) is 5.84. The first kappa shape index (κ1) is 18.9. The molecule has 2 aromatic rings. The number of benzene rings is 1. The largest absolute Gasteiger partial charge is 0.479 e. The summed E-state index contributed by atoms with van der Waals surface area (Å²) in [6.07, 6.45) is 0.107. The van der Waals surface area contributed by atoms with E-state index in [2.05, 4.69) is 15.5 Å². The molecule has 2 N–H and O–H groups in total. The van der Waals surface area contributed by atoms with Gasteiger partial charge in [-0.3, -0.25) is 4.79 Å². The van der Waals surface area contributed by atoms with Crippen LogP contribution in [-0.2, 0) is 20.7 Å². The Morgan fingerprint density at radius 3 is 2.72 bits per heavy atom. The van der Waals surface area contributed by atoms with Crippen molar-refractivity contribution in [1.29, 1.82) is 0 Å². The molecule has 0 aliphatic carbocycles. The second kappa shape index (κ2) is 9.14. The summed E-state index contributed by atoms with van der Waals surface area (Å²) in [5, 5.41) is 15.8. The number of nitrogens with one attached hydrogen (secondary N) is 1. The predicted molar refractivity (Wildman–Crippen MR) is 89.1 cm³/mol. The van der Waals surface area contributed by atoms with Crippen LogP contribution in [0.5, 0.6) is 0 Å². The van der Waals surface area contributed by atoms with Gasteiger partial charge in [-0.1, -0.05) is 16.8 Å². The Labute approximate surface area is 149 Å². The van der Waals surface area contributed by atoms with Gasteiger partial charge >= 0.3 is 5.97 Å². The molecule has 1 atom stereocenters. The first-order chi connectivity index (χ1) is 12.0. The Morgan fingerprint density at radius 1 is 1.36 bits per heavy atom. The van der Waals surface area contributed by atoms with Crippen LogP contribution in [0.15, 0.2) is 28.8 Å². The monoisotopic (exact) mass is 367 g/mol. The van der Waals surface area contributed by atoms with Crippen LogP contribution in [0.1, 0.15) is 18.7 Å². The van der Waals surface area contributed by atoms with E-state index >= 15 is 0 Å². The van der Waals surface area contributed by atoms with Crippen molar-refractivity contribution < 1.29 is 24.0 Å². The highest BCUT2D eigenvalue weighted by Gasteiger charge is 2.17. The van der Waals surface area contributed by atoms with Crippen molar-refractivity contribution in [1.82, 2.24) is 15.5 Å². The van der Waals surface area contributed by atoms with Crippen molar-refractivity contribution in [2.45, 2.75) is 25.4 Å². The van der Waals surface area contributed by atoms with Crippen LogP contribution in [0.2, 0.25) is 5.02 Å². The number of carbonyl (C=O) groups is 2. The van der Waals surface area contributed by atoms with E-state index in [1.807, 2.05) is 0 Å². The molecule has 1 unspecified atom stereocenters. The number of carbonyl (C=O) groups excluding carboxylic acids is 1. The van der Waals surface area contributed by atoms with Gasteiger partial charge in [0.2, 0.25) is 17.6 Å². The van der Waals surface area contributed by atoms with Gasteiger partial charge in [-0.2, -0.15) is 4.98 Å². The van der Waals surface area contributed by atoms with Gasteiger partial charge in [0.1, 0.15) is 0 Å². The predicted octanol–water partition coefficient (Wildman–Crippen LogP) is 1.93. The molecule has 0 fully saturated rings. The minimum absolute atomic E-state index is 0.0774. The lowest BCUT2D eigenvalue weighted by Gasteiger charge is -2.11. The normalized spacial score (nSPS) is 11.9. The fourth-order valence-electron chi connectivity index (χ4n) is 2.04. The molecule has 0 bridgehead atoms. The first-order valence-electron chi connectivity index (χ1n) is 7.60. The van der Waals surface area contributed by atoms with E-state index in [1.165, 1.54) is 7.11 Å². The average Bonchev–Trinajstić information content (AvgIpc) is 3.04. The van der Waals surface area contributed by atoms with Crippen LogP contribution < -0.4 is 5.32 Å². The van der Waals surface area contributed by atoms with Crippen molar-refractivity contribution >= 4 is 23.5 Å². The van der Waals surface area contributed by atoms with Crippen LogP contribution in [0, 0.1) is 0 Å². The van der Waals surface area contributed by atoms with Crippen LogP contribution in [0.4, 0.5) is 0 Å². The van der Waals surface area contributed by atoms with E-state index in [1.54, 1.807) is 24.3 Å². The summed E-state index contributed by atoms with van der Waals surface area (Å²) in [6, 6.07) is 7.06. The number of carboxylic acids is 1. The molecule has 0 radical (unpaired) electrons. The summed E-state index contributed by atoms with van der Waals surface area (Å²) in [5.41, 5.74) is 0.788. The maximum atomic E-state index is 11.7. The maximum absolute atomic E-state index is 11.7. The Kier molecular flexibility index (Phi) is 6.91. The highest BCUT2D eigenvalue weighted by atomic mass is 35.5. The summed E-state index contributed by atoms with van der Waals surface area (Å²) in [6.45, 7) is -0.0774. The van der Waals surface area contributed by atoms with E-state index in [4.69, 9.17) is 26.0 Å². The lowest BCUT2D eigenvalue weighted by Crippen LogP contribution is -2.37. The molecule has 2 rings (SSSR count). The number of aromatic nitrogens is 2. The Morgan fingerprint density at radius 2 is 2.08 bits per heavy atom. The van der Waals surface area contributed by atoms with E-state index < -0.39 is 12.1 Å². The summed E-state index contributed by atoms with van der Waals surface area (Å²) in [5.74, 6) is -0.498. The molecule has 0 saturated carbocycles. The van der Waals surface area contributed by atoms with Crippen molar-refractivity contribution in [2.24, 2.45) is 0 Å². The fourth-order valence-corrected chi connectivity index (χ4v) is 2.17. The molecule has 1 heterocycles. The lowest BCUT2D eigenvalue weighted by molar-refractivity contribution is -0.148. The number of nitrogens with zero attached hydrogens (tertiary/aromatic N) is 2. The standard InChI is InChI=1S/C16H18ClN3O5/c1-24-12(16(22)23)9-18-13(21)3-2-4-14-19-15(20-25-14)10-5-7-11(17)8-6-10/h5-8,12H,2-4,9H2,1H3,(H,18,21)(H,22,23). The van der Waals surface area contributed by atoms with Crippen molar-refractivity contribution in [2.75, 3.05) is 13.7 Å². The zero-order valence-corrected chi connectivity index (χ0v) is 14.3. The number of hydrogen-bond donors (Lipinski definition) is 2. The van der Waals surface area contributed by atoms with Crippen LogP contribution >= 0.6 is 11.6 Å². The minimum Gasteiger partial charge on any atom is -0.479 e. The fraction of sp³-hybridized carbons (Fsp3) is 0.375. The molecular formula is C16H18ClN3O5. The van der Waals surface area contributed by atoms with Crippen molar-refractivity contribution in [3.05, 3.63) is 35.2 Å². The molecule has 1 amide bonds.